The Bertz CT molecular complexity index is 732. The molecule has 1 aliphatic rings. The standard InChI is InChI=1S/C24H32N2O.BrH/c1-20-12-11-13-21(2)24(20)25-23(27)19-26(16-9-4-3-5-10-17-26)18-22-14-7-6-8-15-22;/h6-8,11-15H,3-5,9-10,16-19H2,1-2H3;1H. The van der Waals surface area contributed by atoms with E-state index in [0.717, 1.165) is 40.9 Å². The second kappa shape index (κ2) is 10.8. The second-order valence-corrected chi connectivity index (χ2v) is 8.17. The van der Waals surface area contributed by atoms with Gasteiger partial charge in [-0.1, -0.05) is 55.0 Å². The van der Waals surface area contributed by atoms with Gasteiger partial charge in [-0.3, -0.25) is 4.79 Å². The average Bonchev–Trinajstić information content (AvgIpc) is 2.63. The largest absolute Gasteiger partial charge is 1.00 e. The van der Waals surface area contributed by atoms with E-state index in [1.165, 1.54) is 37.7 Å². The molecule has 0 aliphatic carbocycles. The van der Waals surface area contributed by atoms with Crippen LogP contribution in [0.3, 0.4) is 0 Å². The molecule has 1 heterocycles. The predicted molar refractivity (Wildman–Crippen MR) is 113 cm³/mol. The van der Waals surface area contributed by atoms with Crippen molar-refractivity contribution < 1.29 is 26.3 Å². The molecule has 1 fully saturated rings. The van der Waals surface area contributed by atoms with Gasteiger partial charge in [-0.2, -0.15) is 0 Å². The zero-order valence-corrected chi connectivity index (χ0v) is 18.8. The molecule has 1 aliphatic heterocycles. The number of quaternary nitrogens is 1. The van der Waals surface area contributed by atoms with Crippen molar-refractivity contribution in [3.8, 4) is 0 Å². The van der Waals surface area contributed by atoms with Crippen LogP contribution in [-0.4, -0.2) is 30.0 Å². The highest BCUT2D eigenvalue weighted by molar-refractivity contribution is 5.93. The molecule has 0 spiro atoms. The first-order chi connectivity index (χ1) is 13.1. The SMILES string of the molecule is Cc1cccc(C)c1NC(=O)C[N+]1(Cc2ccccc2)CCCCCCC1.[Br-]. The number of hydrogen-bond donors (Lipinski definition) is 1. The quantitative estimate of drug-likeness (QED) is 0.703. The molecule has 0 unspecified atom stereocenters. The van der Waals surface area contributed by atoms with E-state index in [-0.39, 0.29) is 22.9 Å². The monoisotopic (exact) mass is 444 g/mol. The molecule has 1 saturated heterocycles. The van der Waals surface area contributed by atoms with Crippen LogP contribution in [0.4, 0.5) is 5.69 Å². The van der Waals surface area contributed by atoms with Crippen LogP contribution < -0.4 is 22.3 Å². The van der Waals surface area contributed by atoms with Crippen LogP contribution in [0.25, 0.3) is 0 Å². The maximum absolute atomic E-state index is 13.1. The Morgan fingerprint density at radius 3 is 2.04 bits per heavy atom. The summed E-state index contributed by atoms with van der Waals surface area (Å²) in [5.41, 5.74) is 4.57. The van der Waals surface area contributed by atoms with Crippen molar-refractivity contribution in [2.24, 2.45) is 0 Å². The topological polar surface area (TPSA) is 29.1 Å². The zero-order chi connectivity index (χ0) is 19.1. The van der Waals surface area contributed by atoms with E-state index in [1.807, 2.05) is 6.07 Å². The van der Waals surface area contributed by atoms with E-state index in [4.69, 9.17) is 0 Å². The van der Waals surface area contributed by atoms with E-state index >= 15 is 0 Å². The van der Waals surface area contributed by atoms with Gasteiger partial charge in [-0.05, 0) is 50.7 Å². The number of para-hydroxylation sites is 1. The lowest BCUT2D eigenvalue weighted by Gasteiger charge is -2.39. The summed E-state index contributed by atoms with van der Waals surface area (Å²) in [5.74, 6) is 0.143. The third kappa shape index (κ3) is 6.18. The van der Waals surface area contributed by atoms with Gasteiger partial charge >= 0.3 is 0 Å². The van der Waals surface area contributed by atoms with Crippen molar-refractivity contribution in [1.29, 1.82) is 0 Å². The third-order valence-electron chi connectivity index (χ3n) is 5.85. The molecule has 0 atom stereocenters. The number of amides is 1. The van der Waals surface area contributed by atoms with E-state index in [2.05, 4.69) is 61.6 Å². The molecule has 152 valence electrons. The summed E-state index contributed by atoms with van der Waals surface area (Å²) in [6, 6.07) is 16.8. The molecule has 3 nitrogen and oxygen atoms in total. The van der Waals surface area contributed by atoms with Crippen LogP contribution in [0, 0.1) is 13.8 Å². The fraction of sp³-hybridized carbons (Fsp3) is 0.458. The molecule has 2 aromatic rings. The van der Waals surface area contributed by atoms with Gasteiger partial charge in [0.2, 0.25) is 0 Å². The summed E-state index contributed by atoms with van der Waals surface area (Å²) in [4.78, 5) is 13.1. The van der Waals surface area contributed by atoms with Crippen LogP contribution in [0.15, 0.2) is 48.5 Å². The molecule has 0 saturated carbocycles. The van der Waals surface area contributed by atoms with Gasteiger partial charge < -0.3 is 26.8 Å². The fourth-order valence-electron chi connectivity index (χ4n) is 4.37. The number of nitrogens with one attached hydrogen (secondary N) is 1. The molecule has 2 aromatic carbocycles. The highest BCUT2D eigenvalue weighted by Crippen LogP contribution is 2.24. The van der Waals surface area contributed by atoms with Crippen LogP contribution in [-0.2, 0) is 11.3 Å². The lowest BCUT2D eigenvalue weighted by atomic mass is 10.0. The smallest absolute Gasteiger partial charge is 0.279 e. The fourth-order valence-corrected chi connectivity index (χ4v) is 4.37. The molecule has 1 amide bonds. The van der Waals surface area contributed by atoms with Crippen LogP contribution in [0.2, 0.25) is 0 Å². The Kier molecular flexibility index (Phi) is 8.71. The molecule has 0 aromatic heterocycles. The Morgan fingerprint density at radius 1 is 0.857 bits per heavy atom. The first-order valence-electron chi connectivity index (χ1n) is 10.3. The Labute approximate surface area is 180 Å². The van der Waals surface area contributed by atoms with Crippen molar-refractivity contribution in [3.63, 3.8) is 0 Å². The highest BCUT2D eigenvalue weighted by Gasteiger charge is 2.31. The minimum atomic E-state index is 0. The summed E-state index contributed by atoms with van der Waals surface area (Å²) in [6.45, 7) is 7.81. The highest BCUT2D eigenvalue weighted by atomic mass is 79.9. The number of carbonyl (C=O) groups is 1. The van der Waals surface area contributed by atoms with Crippen molar-refractivity contribution in [2.45, 2.75) is 52.5 Å². The van der Waals surface area contributed by atoms with Crippen LogP contribution >= 0.6 is 0 Å². The molecule has 0 radical (unpaired) electrons. The summed E-state index contributed by atoms with van der Waals surface area (Å²) in [7, 11) is 0. The first kappa shape index (κ1) is 22.6. The maximum Gasteiger partial charge on any atom is 0.279 e. The molecule has 1 N–H and O–H groups in total. The molecular weight excluding hydrogens is 412 g/mol. The summed E-state index contributed by atoms with van der Waals surface area (Å²) in [5, 5.41) is 3.22. The number of aryl methyl sites for hydroxylation is 2. The predicted octanol–water partition coefficient (Wildman–Crippen LogP) is 2.23. The number of likely N-dealkylation sites (tertiary alicyclic amines) is 1. The van der Waals surface area contributed by atoms with Gasteiger partial charge in [0.05, 0.1) is 13.1 Å². The Balaban J connectivity index is 0.00000280. The van der Waals surface area contributed by atoms with E-state index in [9.17, 15) is 4.79 Å². The summed E-state index contributed by atoms with van der Waals surface area (Å²) >= 11 is 0. The lowest BCUT2D eigenvalue weighted by Crippen LogP contribution is -3.00. The zero-order valence-electron chi connectivity index (χ0n) is 17.2. The summed E-state index contributed by atoms with van der Waals surface area (Å²) < 4.78 is 0.876. The number of rotatable bonds is 5. The van der Waals surface area contributed by atoms with E-state index in [0.29, 0.717) is 6.54 Å². The molecule has 28 heavy (non-hydrogen) atoms. The van der Waals surface area contributed by atoms with Gasteiger partial charge in [-0.25, -0.2) is 0 Å². The molecule has 4 heteroatoms. The van der Waals surface area contributed by atoms with Gasteiger partial charge in [0.25, 0.3) is 5.91 Å². The third-order valence-corrected chi connectivity index (χ3v) is 5.85. The second-order valence-electron chi connectivity index (χ2n) is 8.17. The maximum atomic E-state index is 13.1. The first-order valence-corrected chi connectivity index (χ1v) is 10.3. The van der Waals surface area contributed by atoms with E-state index < -0.39 is 0 Å². The normalized spacial score (nSPS) is 16.4. The van der Waals surface area contributed by atoms with Crippen molar-refractivity contribution in [2.75, 3.05) is 25.0 Å². The minimum absolute atomic E-state index is 0. The Morgan fingerprint density at radius 2 is 1.43 bits per heavy atom. The van der Waals surface area contributed by atoms with Gasteiger partial charge in [0.15, 0.2) is 6.54 Å². The lowest BCUT2D eigenvalue weighted by molar-refractivity contribution is -0.934. The number of benzene rings is 2. The number of nitrogens with zero attached hydrogens (tertiary/aromatic N) is 1. The number of carbonyl (C=O) groups excluding carboxylic acids is 1. The number of anilines is 1. The summed E-state index contributed by atoms with van der Waals surface area (Å²) in [6.07, 6.45) is 6.33. The minimum Gasteiger partial charge on any atom is -1.00 e. The molecule has 3 rings (SSSR count). The van der Waals surface area contributed by atoms with Crippen molar-refractivity contribution in [1.82, 2.24) is 0 Å². The van der Waals surface area contributed by atoms with Crippen LogP contribution in [0.5, 0.6) is 0 Å². The number of halogens is 1. The van der Waals surface area contributed by atoms with Crippen LogP contribution in [0.1, 0.15) is 48.8 Å². The van der Waals surface area contributed by atoms with Gasteiger partial charge in [-0.15, -0.1) is 0 Å². The average molecular weight is 445 g/mol. The van der Waals surface area contributed by atoms with Crippen molar-refractivity contribution >= 4 is 11.6 Å². The van der Waals surface area contributed by atoms with Crippen molar-refractivity contribution in [3.05, 3.63) is 65.2 Å². The van der Waals surface area contributed by atoms with E-state index in [1.54, 1.807) is 0 Å². The Hall–Kier alpha value is -1.65. The molecule has 0 bridgehead atoms. The molecular formula is C24H33BrN2O. The van der Waals surface area contributed by atoms with Gasteiger partial charge in [0.1, 0.15) is 6.54 Å². The number of hydrogen-bond acceptors (Lipinski definition) is 1. The van der Waals surface area contributed by atoms with Gasteiger partial charge in [0, 0.05) is 11.3 Å².